The van der Waals surface area contributed by atoms with Gasteiger partial charge in [0.05, 0.1) is 11.6 Å². The van der Waals surface area contributed by atoms with Gasteiger partial charge in [0.2, 0.25) is 0 Å². The first-order valence-corrected chi connectivity index (χ1v) is 12.4. The SMILES string of the molecule is O=C(O)OC1CCOc2cc(Oc3ccc(C(=O)NCCc4ccccc4C4CC4)cc3)c(Cl)cc21. The molecule has 0 spiro atoms. The first-order chi connectivity index (χ1) is 17.5. The second-order valence-corrected chi connectivity index (χ2v) is 9.34. The average molecular weight is 508 g/mol. The molecule has 1 aliphatic carbocycles. The summed E-state index contributed by atoms with van der Waals surface area (Å²) in [6, 6.07) is 18.5. The molecule has 36 heavy (non-hydrogen) atoms. The predicted octanol–water partition coefficient (Wildman–Crippen LogP) is 6.50. The molecule has 8 heteroatoms. The van der Waals surface area contributed by atoms with Crippen molar-refractivity contribution in [2.75, 3.05) is 13.2 Å². The zero-order valence-corrected chi connectivity index (χ0v) is 20.3. The van der Waals surface area contributed by atoms with E-state index in [2.05, 4.69) is 23.5 Å². The van der Waals surface area contributed by atoms with Crippen LogP contribution in [0.25, 0.3) is 0 Å². The van der Waals surface area contributed by atoms with Gasteiger partial charge in [-0.25, -0.2) is 4.79 Å². The van der Waals surface area contributed by atoms with E-state index in [1.165, 1.54) is 24.0 Å². The highest BCUT2D eigenvalue weighted by molar-refractivity contribution is 6.32. The number of benzene rings is 3. The lowest BCUT2D eigenvalue weighted by atomic mass is 10.0. The van der Waals surface area contributed by atoms with Gasteiger partial charge in [-0.3, -0.25) is 4.79 Å². The van der Waals surface area contributed by atoms with Crippen LogP contribution in [0.5, 0.6) is 17.2 Å². The lowest BCUT2D eigenvalue weighted by Crippen LogP contribution is -2.25. The second kappa shape index (κ2) is 10.5. The van der Waals surface area contributed by atoms with Crippen molar-refractivity contribution >= 4 is 23.7 Å². The maximum atomic E-state index is 12.6. The molecule has 0 saturated heterocycles. The standard InChI is InChI=1S/C28H26ClNO6/c29-23-15-22-24(36-28(32)33)12-14-34-25(22)16-26(23)35-20-9-7-19(8-10-20)27(31)30-13-11-17-3-1-2-4-21(17)18-5-6-18/h1-4,7-10,15-16,18,24H,5-6,11-14H2,(H,30,31)(H,32,33). The van der Waals surface area contributed by atoms with Crippen molar-refractivity contribution in [3.05, 3.63) is 87.9 Å². The lowest BCUT2D eigenvalue weighted by Gasteiger charge is -2.25. The Bertz CT molecular complexity index is 1270. The van der Waals surface area contributed by atoms with Gasteiger partial charge in [0.1, 0.15) is 23.4 Å². The molecule has 1 saturated carbocycles. The van der Waals surface area contributed by atoms with Gasteiger partial charge in [0.15, 0.2) is 0 Å². The van der Waals surface area contributed by atoms with Gasteiger partial charge < -0.3 is 24.6 Å². The summed E-state index contributed by atoms with van der Waals surface area (Å²) >= 11 is 6.39. The van der Waals surface area contributed by atoms with Crippen LogP contribution in [0.4, 0.5) is 4.79 Å². The van der Waals surface area contributed by atoms with Crippen molar-refractivity contribution in [1.82, 2.24) is 5.32 Å². The Morgan fingerprint density at radius 1 is 1.03 bits per heavy atom. The normalized spacial score (nSPS) is 16.4. The summed E-state index contributed by atoms with van der Waals surface area (Å²) in [5, 5.41) is 12.2. The summed E-state index contributed by atoms with van der Waals surface area (Å²) in [6.45, 7) is 0.889. The number of rotatable bonds is 8. The Kier molecular flexibility index (Phi) is 7.00. The summed E-state index contributed by atoms with van der Waals surface area (Å²) in [5.41, 5.74) is 3.80. The molecule has 1 aliphatic heterocycles. The molecule has 1 heterocycles. The van der Waals surface area contributed by atoms with Crippen LogP contribution in [0.15, 0.2) is 60.7 Å². The molecule has 0 radical (unpaired) electrons. The largest absolute Gasteiger partial charge is 0.506 e. The van der Waals surface area contributed by atoms with Crippen LogP contribution >= 0.6 is 11.6 Å². The van der Waals surface area contributed by atoms with Crippen molar-refractivity contribution in [1.29, 1.82) is 0 Å². The summed E-state index contributed by atoms with van der Waals surface area (Å²) in [5.74, 6) is 1.86. The van der Waals surface area contributed by atoms with Crippen molar-refractivity contribution < 1.29 is 28.9 Å². The van der Waals surface area contributed by atoms with Crippen molar-refractivity contribution in [2.45, 2.75) is 37.7 Å². The minimum absolute atomic E-state index is 0.143. The van der Waals surface area contributed by atoms with E-state index < -0.39 is 12.3 Å². The summed E-state index contributed by atoms with van der Waals surface area (Å²) in [4.78, 5) is 23.6. The van der Waals surface area contributed by atoms with E-state index in [9.17, 15) is 9.59 Å². The zero-order valence-electron chi connectivity index (χ0n) is 19.5. The maximum absolute atomic E-state index is 12.6. The quantitative estimate of drug-likeness (QED) is 0.338. The number of carbonyl (C=O) groups excluding carboxylic acids is 1. The minimum atomic E-state index is -1.35. The van der Waals surface area contributed by atoms with Crippen LogP contribution < -0.4 is 14.8 Å². The monoisotopic (exact) mass is 507 g/mol. The third-order valence-electron chi connectivity index (χ3n) is 6.39. The highest BCUT2D eigenvalue weighted by atomic mass is 35.5. The summed E-state index contributed by atoms with van der Waals surface area (Å²) in [6.07, 6.45) is 1.72. The van der Waals surface area contributed by atoms with Crippen LogP contribution in [0.3, 0.4) is 0 Å². The summed E-state index contributed by atoms with van der Waals surface area (Å²) < 4.78 is 16.5. The molecule has 2 aliphatic rings. The van der Waals surface area contributed by atoms with Crippen LogP contribution in [-0.4, -0.2) is 30.3 Å². The molecule has 0 bridgehead atoms. The topological polar surface area (TPSA) is 94.1 Å². The highest BCUT2D eigenvalue weighted by Crippen LogP contribution is 2.43. The van der Waals surface area contributed by atoms with Crippen LogP contribution in [0.1, 0.15) is 58.3 Å². The Balaban J connectivity index is 1.19. The molecule has 1 amide bonds. The first kappa shape index (κ1) is 24.0. The smallest absolute Gasteiger partial charge is 0.493 e. The van der Waals surface area contributed by atoms with Gasteiger partial charge in [0.25, 0.3) is 5.91 Å². The Labute approximate surface area is 213 Å². The zero-order chi connectivity index (χ0) is 25.1. The fraction of sp³-hybridized carbons (Fsp3) is 0.286. The van der Waals surface area contributed by atoms with E-state index in [0.29, 0.717) is 58.9 Å². The molecule has 7 nitrogen and oxygen atoms in total. The van der Waals surface area contributed by atoms with Gasteiger partial charge in [-0.05, 0) is 66.6 Å². The van der Waals surface area contributed by atoms with Gasteiger partial charge in [-0.15, -0.1) is 0 Å². The van der Waals surface area contributed by atoms with E-state index in [1.54, 1.807) is 36.4 Å². The van der Waals surface area contributed by atoms with Gasteiger partial charge >= 0.3 is 6.16 Å². The van der Waals surface area contributed by atoms with E-state index in [-0.39, 0.29) is 5.91 Å². The number of ether oxygens (including phenoxy) is 3. The number of carbonyl (C=O) groups is 2. The molecular formula is C28H26ClNO6. The number of amides is 1. The van der Waals surface area contributed by atoms with E-state index in [4.69, 9.17) is 30.9 Å². The average Bonchev–Trinajstić information content (AvgIpc) is 3.71. The molecule has 5 rings (SSSR count). The Hall–Kier alpha value is -3.71. The molecular weight excluding hydrogens is 482 g/mol. The molecule has 0 aromatic heterocycles. The van der Waals surface area contributed by atoms with Gasteiger partial charge in [0, 0.05) is 30.2 Å². The number of hydrogen-bond donors (Lipinski definition) is 2. The Morgan fingerprint density at radius 2 is 1.81 bits per heavy atom. The maximum Gasteiger partial charge on any atom is 0.506 e. The minimum Gasteiger partial charge on any atom is -0.493 e. The highest BCUT2D eigenvalue weighted by Gasteiger charge is 2.27. The molecule has 1 fully saturated rings. The van der Waals surface area contributed by atoms with Crippen molar-refractivity contribution in [3.8, 4) is 17.2 Å². The van der Waals surface area contributed by atoms with Crippen LogP contribution in [0, 0.1) is 0 Å². The Morgan fingerprint density at radius 3 is 2.56 bits per heavy atom. The van der Waals surface area contributed by atoms with Gasteiger partial charge in [-0.2, -0.15) is 0 Å². The third-order valence-corrected chi connectivity index (χ3v) is 6.68. The summed E-state index contributed by atoms with van der Waals surface area (Å²) in [7, 11) is 0. The number of halogens is 1. The van der Waals surface area contributed by atoms with E-state index in [0.717, 1.165) is 6.42 Å². The van der Waals surface area contributed by atoms with Gasteiger partial charge in [-0.1, -0.05) is 35.9 Å². The second-order valence-electron chi connectivity index (χ2n) is 8.94. The van der Waals surface area contributed by atoms with E-state index >= 15 is 0 Å². The number of nitrogens with one attached hydrogen (secondary N) is 1. The van der Waals surface area contributed by atoms with Crippen molar-refractivity contribution in [3.63, 3.8) is 0 Å². The molecule has 1 atom stereocenters. The lowest BCUT2D eigenvalue weighted by molar-refractivity contribution is 0.0326. The number of fused-ring (bicyclic) bond motifs is 1. The van der Waals surface area contributed by atoms with Crippen molar-refractivity contribution in [2.24, 2.45) is 0 Å². The number of carboxylic acid groups (broad SMARTS) is 1. The fourth-order valence-corrected chi connectivity index (χ4v) is 4.66. The predicted molar refractivity (Wildman–Crippen MR) is 134 cm³/mol. The molecule has 1 unspecified atom stereocenters. The molecule has 3 aromatic carbocycles. The van der Waals surface area contributed by atoms with Crippen LogP contribution in [0.2, 0.25) is 5.02 Å². The van der Waals surface area contributed by atoms with Crippen LogP contribution in [-0.2, 0) is 11.2 Å². The van der Waals surface area contributed by atoms with E-state index in [1.807, 2.05) is 6.07 Å². The number of hydrogen-bond acceptors (Lipinski definition) is 5. The molecule has 2 N–H and O–H groups in total. The molecule has 186 valence electrons. The third kappa shape index (κ3) is 5.57. The fourth-order valence-electron chi connectivity index (χ4n) is 4.45. The first-order valence-electron chi connectivity index (χ1n) is 12.0. The molecule has 3 aromatic rings.